The molecule has 0 fully saturated rings. The van der Waals surface area contributed by atoms with E-state index < -0.39 is 0 Å². The molecule has 0 atom stereocenters. The Morgan fingerprint density at radius 1 is 1.21 bits per heavy atom. The zero-order valence-corrected chi connectivity index (χ0v) is 14.2. The van der Waals surface area contributed by atoms with E-state index in [1.54, 1.807) is 0 Å². The fourth-order valence-electron chi connectivity index (χ4n) is 2.68. The molecule has 1 N–H and O–H groups in total. The molecule has 4 rings (SSSR count). The van der Waals surface area contributed by atoms with E-state index in [1.165, 1.54) is 16.9 Å². The summed E-state index contributed by atoms with van der Waals surface area (Å²) in [6, 6.07) is 9.67. The molecule has 5 nitrogen and oxygen atoms in total. The van der Waals surface area contributed by atoms with Gasteiger partial charge in [0, 0.05) is 0 Å². The maximum atomic E-state index is 12.3. The first-order valence-electron chi connectivity index (χ1n) is 7.65. The van der Waals surface area contributed by atoms with Gasteiger partial charge in [-0.25, -0.2) is 4.98 Å². The molecule has 6 heteroatoms. The molecule has 2 heterocycles. The molecule has 1 aliphatic heterocycles. The molecule has 0 aliphatic carbocycles. The minimum absolute atomic E-state index is 0.0951. The molecule has 1 aliphatic rings. The number of aromatic nitrogens is 1. The summed E-state index contributed by atoms with van der Waals surface area (Å²) in [7, 11) is 0. The lowest BCUT2D eigenvalue weighted by molar-refractivity contribution is -0.115. The van der Waals surface area contributed by atoms with E-state index in [4.69, 9.17) is 9.47 Å². The number of carbonyl (C=O) groups is 1. The number of amides is 1. The Hall–Kier alpha value is -2.60. The predicted octanol–water partition coefficient (Wildman–Crippen LogP) is 3.82. The SMILES string of the molecule is Cc1ccc2sc(NC(=O)Cc3ccc4c(c3)OCO4)nc2c1C. The maximum Gasteiger partial charge on any atom is 0.231 e. The zero-order valence-electron chi connectivity index (χ0n) is 13.4. The van der Waals surface area contributed by atoms with Crippen molar-refractivity contribution < 1.29 is 14.3 Å². The van der Waals surface area contributed by atoms with Crippen LogP contribution < -0.4 is 14.8 Å². The van der Waals surface area contributed by atoms with Crippen LogP contribution in [0.2, 0.25) is 0 Å². The highest BCUT2D eigenvalue weighted by atomic mass is 32.1. The number of hydrogen-bond donors (Lipinski definition) is 1. The number of hydrogen-bond acceptors (Lipinski definition) is 5. The van der Waals surface area contributed by atoms with Crippen molar-refractivity contribution in [3.63, 3.8) is 0 Å². The van der Waals surface area contributed by atoms with Crippen molar-refractivity contribution in [2.24, 2.45) is 0 Å². The summed E-state index contributed by atoms with van der Waals surface area (Å²) in [5, 5.41) is 3.52. The second kappa shape index (κ2) is 5.79. The Balaban J connectivity index is 1.51. The monoisotopic (exact) mass is 340 g/mol. The van der Waals surface area contributed by atoms with Gasteiger partial charge in [0.1, 0.15) is 0 Å². The fraction of sp³-hybridized carbons (Fsp3) is 0.222. The van der Waals surface area contributed by atoms with Gasteiger partial charge < -0.3 is 14.8 Å². The second-order valence-electron chi connectivity index (χ2n) is 5.79. The number of nitrogens with one attached hydrogen (secondary N) is 1. The number of anilines is 1. The molecule has 0 unspecified atom stereocenters. The molecular formula is C18H16N2O3S. The minimum atomic E-state index is -0.0951. The van der Waals surface area contributed by atoms with Gasteiger partial charge in [-0.05, 0) is 48.7 Å². The smallest absolute Gasteiger partial charge is 0.231 e. The molecule has 0 spiro atoms. The van der Waals surface area contributed by atoms with Gasteiger partial charge in [0.05, 0.1) is 16.6 Å². The Labute approximate surface area is 143 Å². The maximum absolute atomic E-state index is 12.3. The van der Waals surface area contributed by atoms with Crippen LogP contribution in [0.25, 0.3) is 10.2 Å². The summed E-state index contributed by atoms with van der Waals surface area (Å²) in [6.45, 7) is 4.34. The van der Waals surface area contributed by atoms with Crippen molar-refractivity contribution in [2.45, 2.75) is 20.3 Å². The van der Waals surface area contributed by atoms with Gasteiger partial charge in [0.25, 0.3) is 0 Å². The Kier molecular flexibility index (Phi) is 3.61. The van der Waals surface area contributed by atoms with E-state index >= 15 is 0 Å². The van der Waals surface area contributed by atoms with E-state index in [-0.39, 0.29) is 19.1 Å². The van der Waals surface area contributed by atoms with Gasteiger partial charge in [-0.2, -0.15) is 0 Å². The molecule has 122 valence electrons. The lowest BCUT2D eigenvalue weighted by Gasteiger charge is -2.03. The van der Waals surface area contributed by atoms with E-state index in [2.05, 4.69) is 30.2 Å². The van der Waals surface area contributed by atoms with Crippen LogP contribution in [0.5, 0.6) is 11.5 Å². The van der Waals surface area contributed by atoms with Crippen molar-refractivity contribution in [3.05, 3.63) is 47.0 Å². The van der Waals surface area contributed by atoms with Gasteiger partial charge in [-0.15, -0.1) is 0 Å². The van der Waals surface area contributed by atoms with Crippen molar-refractivity contribution in [3.8, 4) is 11.5 Å². The summed E-state index contributed by atoms with van der Waals surface area (Å²) in [5.41, 5.74) is 4.19. The third-order valence-corrected chi connectivity index (χ3v) is 5.07. The molecule has 3 aromatic rings. The molecule has 24 heavy (non-hydrogen) atoms. The van der Waals surface area contributed by atoms with Crippen molar-refractivity contribution in [1.29, 1.82) is 0 Å². The summed E-state index contributed by atoms with van der Waals surface area (Å²) in [4.78, 5) is 16.8. The summed E-state index contributed by atoms with van der Waals surface area (Å²) in [5.74, 6) is 1.31. The van der Waals surface area contributed by atoms with Crippen LogP contribution >= 0.6 is 11.3 Å². The van der Waals surface area contributed by atoms with Crippen LogP contribution in [0, 0.1) is 13.8 Å². The Bertz CT molecular complexity index is 949. The fourth-order valence-corrected chi connectivity index (χ4v) is 3.62. The number of rotatable bonds is 3. The predicted molar refractivity (Wildman–Crippen MR) is 94.0 cm³/mol. The van der Waals surface area contributed by atoms with E-state index in [1.807, 2.05) is 24.3 Å². The highest BCUT2D eigenvalue weighted by Gasteiger charge is 2.15. The number of thiazole rings is 1. The lowest BCUT2D eigenvalue weighted by atomic mass is 10.1. The summed E-state index contributed by atoms with van der Waals surface area (Å²) >= 11 is 1.49. The van der Waals surface area contributed by atoms with Crippen LogP contribution in [-0.2, 0) is 11.2 Å². The Morgan fingerprint density at radius 2 is 2.04 bits per heavy atom. The topological polar surface area (TPSA) is 60.5 Å². The summed E-state index contributed by atoms with van der Waals surface area (Å²) in [6.07, 6.45) is 0.268. The number of aryl methyl sites for hydroxylation is 2. The number of fused-ring (bicyclic) bond motifs is 2. The van der Waals surface area contributed by atoms with Crippen molar-refractivity contribution >= 4 is 32.6 Å². The van der Waals surface area contributed by atoms with E-state index in [0.29, 0.717) is 10.9 Å². The molecule has 1 aromatic heterocycles. The van der Waals surface area contributed by atoms with Gasteiger partial charge in [0.2, 0.25) is 12.7 Å². The zero-order chi connectivity index (χ0) is 16.7. The van der Waals surface area contributed by atoms with Gasteiger partial charge in [0.15, 0.2) is 16.6 Å². The average molecular weight is 340 g/mol. The third kappa shape index (κ3) is 2.69. The van der Waals surface area contributed by atoms with Crippen LogP contribution in [0.4, 0.5) is 5.13 Å². The molecule has 0 saturated heterocycles. The van der Waals surface area contributed by atoms with Crippen LogP contribution in [0.3, 0.4) is 0 Å². The molecular weight excluding hydrogens is 324 g/mol. The number of nitrogens with zero attached hydrogens (tertiary/aromatic N) is 1. The highest BCUT2D eigenvalue weighted by molar-refractivity contribution is 7.22. The number of ether oxygens (including phenoxy) is 2. The first-order chi connectivity index (χ1) is 11.6. The van der Waals surface area contributed by atoms with Crippen LogP contribution in [0.1, 0.15) is 16.7 Å². The second-order valence-corrected chi connectivity index (χ2v) is 6.82. The standard InChI is InChI=1S/C18H16N2O3S/c1-10-3-6-15-17(11(10)2)20-18(24-15)19-16(21)8-12-4-5-13-14(7-12)23-9-22-13/h3-7H,8-9H2,1-2H3,(H,19,20,21). The number of benzene rings is 2. The van der Waals surface area contributed by atoms with Gasteiger partial charge in [-0.1, -0.05) is 23.5 Å². The highest BCUT2D eigenvalue weighted by Crippen LogP contribution is 2.33. The van der Waals surface area contributed by atoms with E-state index in [9.17, 15) is 4.79 Å². The minimum Gasteiger partial charge on any atom is -0.454 e. The molecule has 0 radical (unpaired) electrons. The first-order valence-corrected chi connectivity index (χ1v) is 8.47. The third-order valence-electron chi connectivity index (χ3n) is 4.13. The van der Waals surface area contributed by atoms with Crippen LogP contribution in [-0.4, -0.2) is 17.7 Å². The molecule has 0 bridgehead atoms. The average Bonchev–Trinajstić information content (AvgIpc) is 3.17. The molecule has 1 amide bonds. The molecule has 2 aromatic carbocycles. The quantitative estimate of drug-likeness (QED) is 0.787. The molecule has 0 saturated carbocycles. The largest absolute Gasteiger partial charge is 0.454 e. The first kappa shape index (κ1) is 15.0. The number of carbonyl (C=O) groups excluding carboxylic acids is 1. The summed E-state index contributed by atoms with van der Waals surface area (Å²) < 4.78 is 11.7. The normalized spacial score (nSPS) is 12.6. The van der Waals surface area contributed by atoms with E-state index in [0.717, 1.165) is 27.1 Å². The van der Waals surface area contributed by atoms with Gasteiger partial charge in [-0.3, -0.25) is 4.79 Å². The lowest BCUT2D eigenvalue weighted by Crippen LogP contribution is -2.14. The Morgan fingerprint density at radius 3 is 2.92 bits per heavy atom. The van der Waals surface area contributed by atoms with Crippen molar-refractivity contribution in [1.82, 2.24) is 4.98 Å². The van der Waals surface area contributed by atoms with Crippen LogP contribution in [0.15, 0.2) is 30.3 Å². The van der Waals surface area contributed by atoms with Gasteiger partial charge >= 0.3 is 0 Å². The van der Waals surface area contributed by atoms with Crippen molar-refractivity contribution in [2.75, 3.05) is 12.1 Å².